The Hall–Kier alpha value is -2.97. The predicted octanol–water partition coefficient (Wildman–Crippen LogP) is 4.04. The van der Waals surface area contributed by atoms with E-state index in [4.69, 9.17) is 0 Å². The minimum atomic E-state index is -0.321. The van der Waals surface area contributed by atoms with Gasteiger partial charge in [0.05, 0.1) is 35.4 Å². The van der Waals surface area contributed by atoms with Crippen LogP contribution in [0.25, 0.3) is 27.8 Å². The lowest BCUT2D eigenvalue weighted by atomic mass is 9.84. The molecule has 1 aliphatic heterocycles. The van der Waals surface area contributed by atoms with Crippen molar-refractivity contribution >= 4 is 16.6 Å². The second kappa shape index (κ2) is 8.43. The molecule has 3 aromatic heterocycles. The molecule has 0 bridgehead atoms. The number of β-amino-alcohol motifs (C(OH)–C–C–N with tert-alkyl or cyclic N) is 1. The van der Waals surface area contributed by atoms with E-state index in [1.807, 2.05) is 38.2 Å². The van der Waals surface area contributed by atoms with Gasteiger partial charge < -0.3 is 5.11 Å². The van der Waals surface area contributed by atoms with Gasteiger partial charge in [-0.1, -0.05) is 0 Å². The van der Waals surface area contributed by atoms with Crippen molar-refractivity contribution in [2.75, 3.05) is 13.2 Å². The summed E-state index contributed by atoms with van der Waals surface area (Å²) < 4.78 is 17.0. The number of aryl methyl sites for hydroxylation is 2. The molecule has 4 heterocycles. The summed E-state index contributed by atoms with van der Waals surface area (Å²) in [6.45, 7) is 9.08. The first-order valence-electron chi connectivity index (χ1n) is 11.5. The van der Waals surface area contributed by atoms with Crippen LogP contribution in [0.4, 0.5) is 4.39 Å². The Morgan fingerprint density at radius 2 is 1.82 bits per heavy atom. The van der Waals surface area contributed by atoms with Crippen molar-refractivity contribution in [1.82, 2.24) is 29.7 Å². The molecule has 5 rings (SSSR count). The molecule has 0 aliphatic carbocycles. The van der Waals surface area contributed by atoms with Gasteiger partial charge in [0.2, 0.25) is 0 Å². The number of imidazole rings is 1. The quantitative estimate of drug-likeness (QED) is 0.508. The lowest BCUT2D eigenvalue weighted by Crippen LogP contribution is -2.47. The molecule has 0 spiro atoms. The third kappa shape index (κ3) is 3.98. The average Bonchev–Trinajstić information content (AvgIpc) is 3.16. The molecule has 8 heteroatoms. The molecule has 0 radical (unpaired) electrons. The number of aliphatic hydroxyl groups excluding tert-OH is 1. The van der Waals surface area contributed by atoms with Crippen molar-refractivity contribution in [2.45, 2.75) is 58.5 Å². The highest BCUT2D eigenvalue weighted by Gasteiger charge is 2.32. The zero-order valence-electron chi connectivity index (χ0n) is 19.5. The second-order valence-corrected chi connectivity index (χ2v) is 9.35. The van der Waals surface area contributed by atoms with Crippen LogP contribution in [0.3, 0.4) is 0 Å². The van der Waals surface area contributed by atoms with Crippen LogP contribution in [0, 0.1) is 19.7 Å². The van der Waals surface area contributed by atoms with E-state index in [0.717, 1.165) is 35.4 Å². The largest absolute Gasteiger partial charge is 0.395 e. The molecular weight excluding hydrogens is 419 g/mol. The predicted molar refractivity (Wildman–Crippen MR) is 126 cm³/mol. The summed E-state index contributed by atoms with van der Waals surface area (Å²) in [6, 6.07) is 7.81. The van der Waals surface area contributed by atoms with E-state index in [9.17, 15) is 5.11 Å². The molecule has 1 saturated heterocycles. The number of hydrogen-bond donors (Lipinski definition) is 1. The standard InChI is InChI=1S/C25H29FN6O/c1-14-7-23(30-32-13-15(2)27-25(14)32)19-10-21(26)20-12-22(28-29-24(20)11-19)18-8-16(3)31(5-6-33)17(4)9-18/h7,10-13,16-18,33H,5-6,8-9H2,1-4H3/t16-,17-/m0/s1. The Labute approximate surface area is 192 Å². The number of aromatic nitrogens is 5. The van der Waals surface area contributed by atoms with Gasteiger partial charge in [0, 0.05) is 35.5 Å². The molecule has 1 fully saturated rings. The number of aliphatic hydroxyl groups is 1. The fraction of sp³-hybridized carbons (Fsp3) is 0.440. The molecule has 172 valence electrons. The van der Waals surface area contributed by atoms with Crippen LogP contribution >= 0.6 is 0 Å². The van der Waals surface area contributed by atoms with E-state index in [-0.39, 0.29) is 18.3 Å². The van der Waals surface area contributed by atoms with Gasteiger partial charge in [0.1, 0.15) is 5.82 Å². The Kier molecular flexibility index (Phi) is 5.58. The maximum Gasteiger partial charge on any atom is 0.156 e. The van der Waals surface area contributed by atoms with Crippen molar-refractivity contribution in [1.29, 1.82) is 0 Å². The van der Waals surface area contributed by atoms with E-state index in [0.29, 0.717) is 40.8 Å². The van der Waals surface area contributed by atoms with Crippen molar-refractivity contribution < 1.29 is 9.50 Å². The summed E-state index contributed by atoms with van der Waals surface area (Å²) in [6.07, 6.45) is 3.69. The summed E-state index contributed by atoms with van der Waals surface area (Å²) in [5.41, 5.74) is 5.36. The van der Waals surface area contributed by atoms with Gasteiger partial charge in [-0.05, 0) is 70.4 Å². The Morgan fingerprint density at radius 1 is 1.06 bits per heavy atom. The lowest BCUT2D eigenvalue weighted by molar-refractivity contribution is 0.0694. The second-order valence-electron chi connectivity index (χ2n) is 9.35. The van der Waals surface area contributed by atoms with Gasteiger partial charge in [0.25, 0.3) is 0 Å². The number of hydrogen-bond acceptors (Lipinski definition) is 6. The molecule has 0 amide bonds. The highest BCUT2D eigenvalue weighted by molar-refractivity contribution is 5.84. The summed E-state index contributed by atoms with van der Waals surface area (Å²) in [7, 11) is 0. The van der Waals surface area contributed by atoms with E-state index < -0.39 is 0 Å². The van der Waals surface area contributed by atoms with Crippen molar-refractivity contribution in [3.05, 3.63) is 53.2 Å². The SMILES string of the molecule is Cc1cn2nc(-c3cc(F)c4cc(C5C[C@H](C)N(CCO)[C@@H](C)C5)nnc4c3)cc(C)c2n1. The first-order valence-corrected chi connectivity index (χ1v) is 11.5. The molecule has 1 N–H and O–H groups in total. The monoisotopic (exact) mass is 448 g/mol. The van der Waals surface area contributed by atoms with E-state index in [2.05, 4.69) is 39.0 Å². The van der Waals surface area contributed by atoms with E-state index in [1.165, 1.54) is 6.07 Å². The van der Waals surface area contributed by atoms with Crippen LogP contribution in [-0.4, -0.2) is 60.0 Å². The normalized spacial score (nSPS) is 21.8. The minimum absolute atomic E-state index is 0.157. The van der Waals surface area contributed by atoms with Gasteiger partial charge in [-0.2, -0.15) is 15.3 Å². The molecule has 4 aromatic rings. The molecule has 0 saturated carbocycles. The highest BCUT2D eigenvalue weighted by Crippen LogP contribution is 2.35. The molecule has 7 nitrogen and oxygen atoms in total. The molecule has 1 aliphatic rings. The number of halogens is 1. The van der Waals surface area contributed by atoms with Gasteiger partial charge in [0.15, 0.2) is 5.65 Å². The smallest absolute Gasteiger partial charge is 0.156 e. The van der Waals surface area contributed by atoms with Gasteiger partial charge in [-0.3, -0.25) is 4.90 Å². The first kappa shape index (κ1) is 21.9. The third-order valence-corrected chi connectivity index (χ3v) is 6.86. The number of piperidine rings is 1. The van der Waals surface area contributed by atoms with Gasteiger partial charge >= 0.3 is 0 Å². The van der Waals surface area contributed by atoms with Crippen LogP contribution in [0.1, 0.15) is 49.6 Å². The van der Waals surface area contributed by atoms with Crippen LogP contribution in [0.2, 0.25) is 0 Å². The number of benzene rings is 1. The average molecular weight is 449 g/mol. The van der Waals surface area contributed by atoms with Crippen LogP contribution in [0.5, 0.6) is 0 Å². The summed E-state index contributed by atoms with van der Waals surface area (Å²) in [5, 5.41) is 23.4. The third-order valence-electron chi connectivity index (χ3n) is 6.86. The number of rotatable bonds is 4. The topological polar surface area (TPSA) is 79.4 Å². The van der Waals surface area contributed by atoms with Gasteiger partial charge in [-0.15, -0.1) is 0 Å². The summed E-state index contributed by atoms with van der Waals surface area (Å²) >= 11 is 0. The number of fused-ring (bicyclic) bond motifs is 2. The molecule has 1 aromatic carbocycles. The fourth-order valence-corrected chi connectivity index (χ4v) is 5.27. The van der Waals surface area contributed by atoms with Crippen molar-refractivity contribution in [3.63, 3.8) is 0 Å². The fourth-order valence-electron chi connectivity index (χ4n) is 5.27. The molecule has 0 unspecified atom stereocenters. The highest BCUT2D eigenvalue weighted by atomic mass is 19.1. The van der Waals surface area contributed by atoms with E-state index in [1.54, 1.807) is 4.52 Å². The van der Waals surface area contributed by atoms with Crippen LogP contribution in [-0.2, 0) is 0 Å². The Bertz CT molecular complexity index is 1320. The van der Waals surface area contributed by atoms with Crippen molar-refractivity contribution in [3.8, 4) is 11.3 Å². The summed E-state index contributed by atoms with van der Waals surface area (Å²) in [4.78, 5) is 6.81. The molecule has 33 heavy (non-hydrogen) atoms. The number of likely N-dealkylation sites (tertiary alicyclic amines) is 1. The maximum atomic E-state index is 15.3. The summed E-state index contributed by atoms with van der Waals surface area (Å²) in [5.74, 6) is -0.101. The molecule has 2 atom stereocenters. The van der Waals surface area contributed by atoms with Crippen LogP contribution < -0.4 is 0 Å². The zero-order valence-corrected chi connectivity index (χ0v) is 19.5. The van der Waals surface area contributed by atoms with Crippen molar-refractivity contribution in [2.24, 2.45) is 0 Å². The maximum absolute atomic E-state index is 15.3. The molecular formula is C25H29FN6O. The first-order chi connectivity index (χ1) is 15.8. The van der Waals surface area contributed by atoms with Gasteiger partial charge in [-0.25, -0.2) is 13.9 Å². The Morgan fingerprint density at radius 3 is 2.55 bits per heavy atom. The zero-order chi connectivity index (χ0) is 23.3. The Balaban J connectivity index is 1.49. The van der Waals surface area contributed by atoms with Crippen LogP contribution in [0.15, 0.2) is 30.5 Å². The van der Waals surface area contributed by atoms with E-state index >= 15 is 4.39 Å². The minimum Gasteiger partial charge on any atom is -0.395 e. The number of nitrogens with zero attached hydrogens (tertiary/aromatic N) is 6. The lowest BCUT2D eigenvalue weighted by Gasteiger charge is -2.42.